The second-order valence-corrected chi connectivity index (χ2v) is 6.32. The second kappa shape index (κ2) is 9.06. The largest absolute Gasteiger partial charge is 0.0879 e. The molecule has 1 saturated carbocycles. The van der Waals surface area contributed by atoms with Gasteiger partial charge >= 0.3 is 0 Å². The molecule has 0 saturated heterocycles. The topological polar surface area (TPSA) is 0 Å². The van der Waals surface area contributed by atoms with Gasteiger partial charge in [0.05, 0.1) is 0 Å². The van der Waals surface area contributed by atoms with Crippen molar-refractivity contribution >= 4 is 0 Å². The van der Waals surface area contributed by atoms with Gasteiger partial charge in [-0.1, -0.05) is 75.5 Å². The van der Waals surface area contributed by atoms with Gasteiger partial charge < -0.3 is 0 Å². The van der Waals surface area contributed by atoms with E-state index in [0.717, 1.165) is 5.92 Å². The average Bonchev–Trinajstić information content (AvgIpc) is 2.51. The van der Waals surface area contributed by atoms with Gasteiger partial charge in [-0.05, 0) is 36.8 Å². The fourth-order valence-electron chi connectivity index (χ4n) is 3.22. The Hall–Kier alpha value is -0.960. The highest BCUT2D eigenvalue weighted by Gasteiger charge is 2.15. The van der Waals surface area contributed by atoms with Crippen LogP contribution in [-0.4, -0.2) is 0 Å². The molecule has 1 unspecified atom stereocenters. The number of hydrogen-bond donors (Lipinski definition) is 0. The van der Waals surface area contributed by atoms with E-state index in [2.05, 4.69) is 43.0 Å². The Morgan fingerprint density at radius 3 is 2.90 bits per heavy atom. The predicted molar refractivity (Wildman–Crippen MR) is 87.4 cm³/mol. The number of allylic oxidation sites excluding steroid dienone is 4. The molecule has 0 amide bonds. The lowest BCUT2D eigenvalue weighted by atomic mass is 9.84. The quantitative estimate of drug-likeness (QED) is 0.295. The first-order valence-corrected chi connectivity index (χ1v) is 8.60. The minimum absolute atomic E-state index is 0.453. The van der Waals surface area contributed by atoms with Crippen LogP contribution in [0, 0.1) is 18.3 Å². The molecular formula is C20H29. The van der Waals surface area contributed by atoms with Crippen molar-refractivity contribution in [2.24, 2.45) is 11.8 Å². The Labute approximate surface area is 125 Å². The maximum atomic E-state index is 3.31. The van der Waals surface area contributed by atoms with Crippen LogP contribution in [0.15, 0.2) is 35.3 Å². The SMILES string of the molecule is CCCC/C=C/C1[CH]C(CCC2CCCCC2)=C=C=C1. The van der Waals surface area contributed by atoms with Crippen molar-refractivity contribution in [1.82, 2.24) is 0 Å². The van der Waals surface area contributed by atoms with Gasteiger partial charge in [0.2, 0.25) is 0 Å². The monoisotopic (exact) mass is 269 g/mol. The molecule has 0 aromatic rings. The first kappa shape index (κ1) is 15.4. The molecule has 0 nitrogen and oxygen atoms in total. The van der Waals surface area contributed by atoms with E-state index in [4.69, 9.17) is 0 Å². The minimum Gasteiger partial charge on any atom is -0.0879 e. The third-order valence-corrected chi connectivity index (χ3v) is 4.53. The molecule has 20 heavy (non-hydrogen) atoms. The summed E-state index contributed by atoms with van der Waals surface area (Å²) in [4.78, 5) is 0. The highest BCUT2D eigenvalue weighted by Crippen LogP contribution is 2.30. The fourth-order valence-corrected chi connectivity index (χ4v) is 3.22. The maximum absolute atomic E-state index is 3.31. The molecule has 0 spiro atoms. The molecule has 2 rings (SSSR count). The molecule has 0 heteroatoms. The third kappa shape index (κ3) is 5.58. The van der Waals surface area contributed by atoms with E-state index < -0.39 is 0 Å². The summed E-state index contributed by atoms with van der Waals surface area (Å²) in [7, 11) is 0. The van der Waals surface area contributed by atoms with Gasteiger partial charge in [-0.3, -0.25) is 0 Å². The van der Waals surface area contributed by atoms with Crippen molar-refractivity contribution < 1.29 is 0 Å². The first-order valence-electron chi connectivity index (χ1n) is 8.60. The van der Waals surface area contributed by atoms with E-state index in [-0.39, 0.29) is 0 Å². The molecule has 1 atom stereocenters. The zero-order valence-corrected chi connectivity index (χ0v) is 13.0. The second-order valence-electron chi connectivity index (χ2n) is 6.32. The van der Waals surface area contributed by atoms with E-state index in [1.807, 2.05) is 0 Å². The van der Waals surface area contributed by atoms with Gasteiger partial charge in [-0.15, -0.1) is 0 Å². The molecule has 0 aromatic heterocycles. The lowest BCUT2D eigenvalue weighted by molar-refractivity contribution is 0.339. The Bertz CT molecular complexity index is 394. The summed E-state index contributed by atoms with van der Waals surface area (Å²) in [6, 6.07) is 0. The Balaban J connectivity index is 1.72. The van der Waals surface area contributed by atoms with E-state index >= 15 is 0 Å². The van der Waals surface area contributed by atoms with E-state index in [0.29, 0.717) is 5.92 Å². The van der Waals surface area contributed by atoms with Gasteiger partial charge in [-0.25, -0.2) is 0 Å². The van der Waals surface area contributed by atoms with Crippen LogP contribution in [0.25, 0.3) is 0 Å². The van der Waals surface area contributed by atoms with Crippen LogP contribution < -0.4 is 0 Å². The molecule has 0 bridgehead atoms. The normalized spacial score (nSPS) is 23.4. The standard InChI is InChI=1S/C20H29/c1-2-3-4-6-12-19-13-9-14-20(17-19)16-15-18-10-7-5-8-11-18/h6,12-13,17-19H,2-5,7-8,10-11,15-16H2,1H3/b12-6+. The van der Waals surface area contributed by atoms with Crippen molar-refractivity contribution in [1.29, 1.82) is 0 Å². The molecule has 0 N–H and O–H groups in total. The summed E-state index contributed by atoms with van der Waals surface area (Å²) in [6.45, 7) is 2.25. The average molecular weight is 269 g/mol. The highest BCUT2D eigenvalue weighted by atomic mass is 14.2. The number of hydrogen-bond acceptors (Lipinski definition) is 0. The van der Waals surface area contributed by atoms with Crippen molar-refractivity contribution in [2.75, 3.05) is 0 Å². The molecule has 0 aromatic carbocycles. The summed E-state index contributed by atoms with van der Waals surface area (Å²) in [5, 5.41) is 0. The number of unbranched alkanes of at least 4 members (excludes halogenated alkanes) is 2. The molecule has 0 aliphatic heterocycles. The van der Waals surface area contributed by atoms with Crippen molar-refractivity contribution in [3.63, 3.8) is 0 Å². The summed E-state index contributed by atoms with van der Waals surface area (Å²) in [5.41, 5.74) is 7.91. The van der Waals surface area contributed by atoms with Crippen LogP contribution >= 0.6 is 0 Å². The number of rotatable bonds is 7. The summed E-state index contributed by atoms with van der Waals surface area (Å²) >= 11 is 0. The van der Waals surface area contributed by atoms with Crippen LogP contribution in [0.4, 0.5) is 0 Å². The third-order valence-electron chi connectivity index (χ3n) is 4.53. The van der Waals surface area contributed by atoms with Crippen LogP contribution in [0.1, 0.15) is 71.1 Å². The zero-order chi connectivity index (χ0) is 14.0. The smallest absolute Gasteiger partial charge is 0.0107 e. The van der Waals surface area contributed by atoms with Gasteiger partial charge in [-0.2, -0.15) is 0 Å². The molecule has 2 aliphatic carbocycles. The van der Waals surface area contributed by atoms with Crippen LogP contribution in [0.5, 0.6) is 0 Å². The van der Waals surface area contributed by atoms with Crippen molar-refractivity contribution in [3.05, 3.63) is 41.7 Å². The summed E-state index contributed by atoms with van der Waals surface area (Å²) in [6.07, 6.45) is 22.8. The Morgan fingerprint density at radius 2 is 2.10 bits per heavy atom. The van der Waals surface area contributed by atoms with E-state index in [9.17, 15) is 0 Å². The molecule has 0 heterocycles. The Morgan fingerprint density at radius 1 is 1.25 bits per heavy atom. The lowest BCUT2D eigenvalue weighted by Crippen LogP contribution is -2.07. The Kier molecular flexibility index (Phi) is 6.99. The van der Waals surface area contributed by atoms with Gasteiger partial charge in [0.25, 0.3) is 0 Å². The maximum Gasteiger partial charge on any atom is 0.0107 e. The molecule has 109 valence electrons. The molecular weight excluding hydrogens is 240 g/mol. The van der Waals surface area contributed by atoms with Crippen molar-refractivity contribution in [3.8, 4) is 0 Å². The zero-order valence-electron chi connectivity index (χ0n) is 13.0. The van der Waals surface area contributed by atoms with Gasteiger partial charge in [0.15, 0.2) is 0 Å². The summed E-state index contributed by atoms with van der Waals surface area (Å²) in [5.74, 6) is 1.42. The van der Waals surface area contributed by atoms with Gasteiger partial charge in [0.1, 0.15) is 0 Å². The van der Waals surface area contributed by atoms with Crippen LogP contribution in [0.3, 0.4) is 0 Å². The van der Waals surface area contributed by atoms with Crippen LogP contribution in [0.2, 0.25) is 0 Å². The van der Waals surface area contributed by atoms with Crippen LogP contribution in [-0.2, 0) is 0 Å². The summed E-state index contributed by atoms with van der Waals surface area (Å²) < 4.78 is 0. The highest BCUT2D eigenvalue weighted by molar-refractivity contribution is 5.25. The fraction of sp³-hybridized carbons (Fsp3) is 0.650. The minimum atomic E-state index is 0.453. The van der Waals surface area contributed by atoms with Crippen molar-refractivity contribution in [2.45, 2.75) is 71.1 Å². The molecule has 1 radical (unpaired) electrons. The molecule has 2 aliphatic rings. The van der Waals surface area contributed by atoms with Gasteiger partial charge in [0, 0.05) is 12.3 Å². The molecule has 1 fully saturated rings. The first-order chi connectivity index (χ1) is 9.88. The predicted octanol–water partition coefficient (Wildman–Crippen LogP) is 6.16. The lowest BCUT2D eigenvalue weighted by Gasteiger charge is -2.22. The van der Waals surface area contributed by atoms with E-state index in [1.165, 1.54) is 69.8 Å². The van der Waals surface area contributed by atoms with E-state index in [1.54, 1.807) is 0 Å².